The maximum atomic E-state index is 13.1. The standard InChI is InChI=1S/C21H31N5O3S/c1-15-20(30-14-23-15)21(29)26-8-3-2-4-17(26)16-5-9-25(10-6-16)19(28)13-24-11-7-22-18(27)12-24/h14,16-17H,2-13H2,1H3,(H,22,27). The zero-order valence-corrected chi connectivity index (χ0v) is 18.5. The fourth-order valence-corrected chi connectivity index (χ4v) is 5.75. The predicted molar refractivity (Wildman–Crippen MR) is 114 cm³/mol. The van der Waals surface area contributed by atoms with Crippen LogP contribution in [0.4, 0.5) is 0 Å². The van der Waals surface area contributed by atoms with E-state index in [0.29, 0.717) is 25.6 Å². The van der Waals surface area contributed by atoms with Gasteiger partial charge in [-0.1, -0.05) is 0 Å². The highest BCUT2D eigenvalue weighted by molar-refractivity contribution is 7.11. The summed E-state index contributed by atoms with van der Waals surface area (Å²) in [6, 6.07) is 0.260. The quantitative estimate of drug-likeness (QED) is 0.769. The topological polar surface area (TPSA) is 85.8 Å². The molecule has 1 N–H and O–H groups in total. The molecule has 1 aromatic heterocycles. The van der Waals surface area contributed by atoms with Crippen molar-refractivity contribution in [3.05, 3.63) is 16.1 Å². The molecule has 3 aliphatic heterocycles. The lowest BCUT2D eigenvalue weighted by atomic mass is 9.83. The van der Waals surface area contributed by atoms with Crippen LogP contribution in [0.15, 0.2) is 5.51 Å². The summed E-state index contributed by atoms with van der Waals surface area (Å²) in [6.07, 6.45) is 5.13. The minimum absolute atomic E-state index is 0.00834. The number of aromatic nitrogens is 1. The molecular formula is C21H31N5O3S. The summed E-state index contributed by atoms with van der Waals surface area (Å²) in [5, 5.41) is 2.79. The summed E-state index contributed by atoms with van der Waals surface area (Å²) < 4.78 is 0. The van der Waals surface area contributed by atoms with Crippen molar-refractivity contribution in [1.82, 2.24) is 25.0 Å². The molecule has 1 unspecified atom stereocenters. The van der Waals surface area contributed by atoms with Crippen molar-refractivity contribution in [2.75, 3.05) is 45.8 Å². The van der Waals surface area contributed by atoms with Crippen molar-refractivity contribution >= 4 is 29.1 Å². The lowest BCUT2D eigenvalue weighted by Gasteiger charge is -2.44. The number of hydrogen-bond donors (Lipinski definition) is 1. The Labute approximate surface area is 181 Å². The molecule has 3 fully saturated rings. The fraction of sp³-hybridized carbons (Fsp3) is 0.714. The van der Waals surface area contributed by atoms with Crippen LogP contribution in [0.25, 0.3) is 0 Å². The van der Waals surface area contributed by atoms with Crippen LogP contribution in [0, 0.1) is 12.8 Å². The van der Waals surface area contributed by atoms with Crippen molar-refractivity contribution in [3.8, 4) is 0 Å². The normalized spacial score (nSPS) is 24.0. The van der Waals surface area contributed by atoms with E-state index in [1.807, 2.05) is 16.7 Å². The van der Waals surface area contributed by atoms with Gasteiger partial charge in [0.05, 0.1) is 24.3 Å². The molecule has 0 saturated carbocycles. The van der Waals surface area contributed by atoms with Crippen molar-refractivity contribution in [2.45, 2.75) is 45.1 Å². The Hall–Kier alpha value is -2.00. The number of carbonyl (C=O) groups is 3. The number of nitrogens with one attached hydrogen (secondary N) is 1. The highest BCUT2D eigenvalue weighted by Crippen LogP contribution is 2.32. The molecule has 164 valence electrons. The lowest BCUT2D eigenvalue weighted by Crippen LogP contribution is -2.53. The first-order valence-corrected chi connectivity index (χ1v) is 11.9. The number of amides is 3. The lowest BCUT2D eigenvalue weighted by molar-refractivity contribution is -0.135. The fourth-order valence-electron chi connectivity index (χ4n) is 4.99. The van der Waals surface area contributed by atoms with Gasteiger partial charge in [-0.05, 0) is 44.9 Å². The molecule has 3 amide bonds. The maximum absolute atomic E-state index is 13.1. The Balaban J connectivity index is 1.33. The van der Waals surface area contributed by atoms with E-state index in [1.165, 1.54) is 11.3 Å². The van der Waals surface area contributed by atoms with Gasteiger partial charge in [0.1, 0.15) is 4.88 Å². The average Bonchev–Trinajstić information content (AvgIpc) is 3.19. The van der Waals surface area contributed by atoms with Crippen LogP contribution in [-0.4, -0.2) is 89.3 Å². The molecule has 0 aromatic carbocycles. The van der Waals surface area contributed by atoms with Gasteiger partial charge in [0.25, 0.3) is 5.91 Å². The van der Waals surface area contributed by atoms with Crippen LogP contribution in [0.2, 0.25) is 0 Å². The second-order valence-corrected chi connectivity index (χ2v) is 9.46. The van der Waals surface area contributed by atoms with Gasteiger partial charge in [-0.25, -0.2) is 4.98 Å². The van der Waals surface area contributed by atoms with Crippen LogP contribution in [0.5, 0.6) is 0 Å². The Bertz CT molecular complexity index is 789. The SMILES string of the molecule is Cc1ncsc1C(=O)N1CCCCC1C1CCN(C(=O)CN2CCNC(=O)C2)CC1. The number of thiazole rings is 1. The van der Waals surface area contributed by atoms with Crippen LogP contribution in [-0.2, 0) is 9.59 Å². The zero-order chi connectivity index (χ0) is 21.1. The molecule has 3 aliphatic rings. The third-order valence-electron chi connectivity index (χ3n) is 6.66. The molecule has 1 aromatic rings. The van der Waals surface area contributed by atoms with Gasteiger partial charge >= 0.3 is 0 Å². The van der Waals surface area contributed by atoms with Gasteiger partial charge in [-0.15, -0.1) is 11.3 Å². The number of piperazine rings is 1. The molecule has 0 bridgehead atoms. The monoisotopic (exact) mass is 433 g/mol. The summed E-state index contributed by atoms with van der Waals surface area (Å²) in [4.78, 5) is 48.3. The smallest absolute Gasteiger partial charge is 0.266 e. The molecule has 3 saturated heterocycles. The van der Waals surface area contributed by atoms with Gasteiger partial charge in [0.2, 0.25) is 11.8 Å². The highest BCUT2D eigenvalue weighted by atomic mass is 32.1. The molecule has 4 heterocycles. The average molecular weight is 434 g/mol. The number of aryl methyl sites for hydroxylation is 1. The van der Waals surface area contributed by atoms with Gasteiger partial charge in [0.15, 0.2) is 0 Å². The van der Waals surface area contributed by atoms with Crippen molar-refractivity contribution in [2.24, 2.45) is 5.92 Å². The predicted octanol–water partition coefficient (Wildman–Crippen LogP) is 1.12. The minimum atomic E-state index is -0.00834. The van der Waals surface area contributed by atoms with Gasteiger partial charge in [-0.2, -0.15) is 0 Å². The summed E-state index contributed by atoms with van der Waals surface area (Å²) in [6.45, 7) is 6.15. The summed E-state index contributed by atoms with van der Waals surface area (Å²) in [5.41, 5.74) is 2.57. The van der Waals surface area contributed by atoms with E-state index >= 15 is 0 Å². The molecule has 0 spiro atoms. The zero-order valence-electron chi connectivity index (χ0n) is 17.6. The Morgan fingerprint density at radius 3 is 2.67 bits per heavy atom. The Morgan fingerprint density at radius 1 is 1.17 bits per heavy atom. The Morgan fingerprint density at radius 2 is 1.97 bits per heavy atom. The third kappa shape index (κ3) is 4.67. The largest absolute Gasteiger partial charge is 0.354 e. The first-order valence-electron chi connectivity index (χ1n) is 11.0. The van der Waals surface area contributed by atoms with Crippen molar-refractivity contribution in [3.63, 3.8) is 0 Å². The number of rotatable bonds is 4. The maximum Gasteiger partial charge on any atom is 0.266 e. The van der Waals surface area contributed by atoms with E-state index in [9.17, 15) is 14.4 Å². The van der Waals surface area contributed by atoms with E-state index in [1.54, 1.807) is 5.51 Å². The molecular weight excluding hydrogens is 402 g/mol. The molecule has 0 aliphatic carbocycles. The van der Waals surface area contributed by atoms with E-state index in [0.717, 1.165) is 68.9 Å². The van der Waals surface area contributed by atoms with E-state index in [-0.39, 0.29) is 23.8 Å². The second kappa shape index (κ2) is 9.43. The van der Waals surface area contributed by atoms with Crippen molar-refractivity contribution in [1.29, 1.82) is 0 Å². The summed E-state index contributed by atoms with van der Waals surface area (Å²) >= 11 is 1.43. The number of carbonyl (C=O) groups excluding carboxylic acids is 3. The van der Waals surface area contributed by atoms with Gasteiger partial charge < -0.3 is 15.1 Å². The second-order valence-electron chi connectivity index (χ2n) is 8.61. The molecule has 0 radical (unpaired) electrons. The number of nitrogens with zero attached hydrogens (tertiary/aromatic N) is 4. The molecule has 4 rings (SSSR count). The van der Waals surface area contributed by atoms with Gasteiger partial charge in [-0.3, -0.25) is 19.3 Å². The van der Waals surface area contributed by atoms with Crippen LogP contribution in [0.3, 0.4) is 0 Å². The Kier molecular flexibility index (Phi) is 6.67. The molecule has 30 heavy (non-hydrogen) atoms. The molecule has 1 atom stereocenters. The van der Waals surface area contributed by atoms with Crippen LogP contribution in [0.1, 0.15) is 47.5 Å². The summed E-state index contributed by atoms with van der Waals surface area (Å²) in [7, 11) is 0. The first kappa shape index (κ1) is 21.2. The third-order valence-corrected chi connectivity index (χ3v) is 7.58. The van der Waals surface area contributed by atoms with E-state index in [4.69, 9.17) is 0 Å². The minimum Gasteiger partial charge on any atom is -0.354 e. The van der Waals surface area contributed by atoms with E-state index in [2.05, 4.69) is 15.2 Å². The molecule has 9 heteroatoms. The number of piperidine rings is 2. The van der Waals surface area contributed by atoms with Crippen molar-refractivity contribution < 1.29 is 14.4 Å². The summed E-state index contributed by atoms with van der Waals surface area (Å²) in [5.74, 6) is 0.667. The molecule has 8 nitrogen and oxygen atoms in total. The van der Waals surface area contributed by atoms with Crippen LogP contribution < -0.4 is 5.32 Å². The first-order chi connectivity index (χ1) is 14.5. The highest BCUT2D eigenvalue weighted by Gasteiger charge is 2.36. The number of hydrogen-bond acceptors (Lipinski definition) is 6. The van der Waals surface area contributed by atoms with Crippen LogP contribution >= 0.6 is 11.3 Å². The van der Waals surface area contributed by atoms with E-state index < -0.39 is 0 Å². The van der Waals surface area contributed by atoms with Gasteiger partial charge in [0, 0.05) is 38.8 Å². The number of likely N-dealkylation sites (tertiary alicyclic amines) is 2.